The van der Waals surface area contributed by atoms with E-state index in [2.05, 4.69) is 41.6 Å². The minimum absolute atomic E-state index is 0.245. The van der Waals surface area contributed by atoms with E-state index in [-0.39, 0.29) is 6.04 Å². The molecular weight excluding hydrogens is 234 g/mol. The van der Waals surface area contributed by atoms with E-state index in [1.807, 2.05) is 6.07 Å². The summed E-state index contributed by atoms with van der Waals surface area (Å²) in [6.45, 7) is 2.05. The smallest absolute Gasteiger partial charge is 0.0708 e. The fraction of sp³-hybridized carbons (Fsp3) is 0.438. The number of aromatic nitrogens is 1. The molecule has 1 aromatic heterocycles. The molecule has 100 valence electrons. The molecule has 1 saturated carbocycles. The number of pyridine rings is 1. The molecule has 0 bridgehead atoms. The molecular formula is C16H21N3. The van der Waals surface area contributed by atoms with Gasteiger partial charge in [-0.15, -0.1) is 0 Å². The molecule has 1 heterocycles. The Kier molecular flexibility index (Phi) is 3.49. The van der Waals surface area contributed by atoms with Crippen molar-refractivity contribution in [1.82, 2.24) is 10.4 Å². The maximum Gasteiger partial charge on any atom is 0.0708 e. The number of nitrogens with two attached hydrogens (primary N) is 1. The average molecular weight is 255 g/mol. The normalized spacial score (nSPS) is 18.0. The SMILES string of the molecule is Cc1cc(C(NN)C2CCCC2)c2ccccc2n1. The van der Waals surface area contributed by atoms with Crippen molar-refractivity contribution in [3.05, 3.63) is 41.6 Å². The first-order valence-electron chi connectivity index (χ1n) is 7.12. The third-order valence-corrected chi connectivity index (χ3v) is 4.26. The number of hydrogen-bond acceptors (Lipinski definition) is 3. The summed E-state index contributed by atoms with van der Waals surface area (Å²) in [4.78, 5) is 4.61. The van der Waals surface area contributed by atoms with Gasteiger partial charge >= 0.3 is 0 Å². The van der Waals surface area contributed by atoms with E-state index in [0.29, 0.717) is 5.92 Å². The molecule has 2 aromatic rings. The van der Waals surface area contributed by atoms with Crippen molar-refractivity contribution in [1.29, 1.82) is 0 Å². The molecule has 1 unspecified atom stereocenters. The Bertz CT molecular complexity index is 573. The molecule has 1 aromatic carbocycles. The van der Waals surface area contributed by atoms with Gasteiger partial charge in [0, 0.05) is 17.1 Å². The van der Waals surface area contributed by atoms with Crippen molar-refractivity contribution in [2.24, 2.45) is 11.8 Å². The third-order valence-electron chi connectivity index (χ3n) is 4.26. The van der Waals surface area contributed by atoms with E-state index in [1.54, 1.807) is 0 Å². The molecule has 1 atom stereocenters. The molecule has 0 amide bonds. The zero-order valence-corrected chi connectivity index (χ0v) is 11.4. The maximum atomic E-state index is 5.86. The number of nitrogens with zero attached hydrogens (tertiary/aromatic N) is 1. The van der Waals surface area contributed by atoms with Crippen molar-refractivity contribution in [3.63, 3.8) is 0 Å². The summed E-state index contributed by atoms with van der Waals surface area (Å²) in [5.41, 5.74) is 6.48. The fourth-order valence-corrected chi connectivity index (χ4v) is 3.37. The summed E-state index contributed by atoms with van der Waals surface area (Å²) in [6, 6.07) is 10.8. The van der Waals surface area contributed by atoms with Gasteiger partial charge in [0.05, 0.1) is 5.52 Å². The molecule has 19 heavy (non-hydrogen) atoms. The Labute approximate surface area is 114 Å². The predicted octanol–water partition coefficient (Wildman–Crippen LogP) is 3.24. The van der Waals surface area contributed by atoms with Gasteiger partial charge in [0.15, 0.2) is 0 Å². The zero-order chi connectivity index (χ0) is 13.2. The number of fused-ring (bicyclic) bond motifs is 1. The lowest BCUT2D eigenvalue weighted by molar-refractivity contribution is 0.375. The van der Waals surface area contributed by atoms with Crippen LogP contribution in [-0.4, -0.2) is 4.98 Å². The van der Waals surface area contributed by atoms with Crippen molar-refractivity contribution in [3.8, 4) is 0 Å². The summed E-state index contributed by atoms with van der Waals surface area (Å²) in [7, 11) is 0. The number of benzene rings is 1. The minimum Gasteiger partial charge on any atom is -0.271 e. The molecule has 1 aliphatic rings. The molecule has 3 rings (SSSR count). The highest BCUT2D eigenvalue weighted by Crippen LogP contribution is 2.37. The van der Waals surface area contributed by atoms with Crippen LogP contribution in [0, 0.1) is 12.8 Å². The van der Waals surface area contributed by atoms with Gasteiger partial charge < -0.3 is 0 Å². The highest BCUT2D eigenvalue weighted by Gasteiger charge is 2.26. The molecule has 0 saturated heterocycles. The Morgan fingerprint density at radius 1 is 1.26 bits per heavy atom. The zero-order valence-electron chi connectivity index (χ0n) is 11.4. The van der Waals surface area contributed by atoms with Crippen LogP contribution in [0.1, 0.15) is 43.0 Å². The summed E-state index contributed by atoms with van der Waals surface area (Å²) in [5, 5.41) is 1.22. The topological polar surface area (TPSA) is 50.9 Å². The van der Waals surface area contributed by atoms with Gasteiger partial charge in [-0.1, -0.05) is 31.0 Å². The molecule has 3 N–H and O–H groups in total. The third kappa shape index (κ3) is 2.36. The molecule has 1 aliphatic carbocycles. The fourth-order valence-electron chi connectivity index (χ4n) is 3.37. The van der Waals surface area contributed by atoms with Gasteiger partial charge in [-0.25, -0.2) is 0 Å². The molecule has 1 fully saturated rings. The standard InChI is InChI=1S/C16H21N3/c1-11-10-14(13-8-4-5-9-15(13)18-11)16(19-17)12-6-2-3-7-12/h4-5,8-10,12,16,19H,2-3,6-7,17H2,1H3. The highest BCUT2D eigenvalue weighted by atomic mass is 15.2. The minimum atomic E-state index is 0.245. The molecule has 3 nitrogen and oxygen atoms in total. The van der Waals surface area contributed by atoms with Crippen LogP contribution in [0.4, 0.5) is 0 Å². The van der Waals surface area contributed by atoms with Gasteiger partial charge in [0.1, 0.15) is 0 Å². The number of hydrogen-bond donors (Lipinski definition) is 2. The van der Waals surface area contributed by atoms with Crippen molar-refractivity contribution >= 4 is 10.9 Å². The first-order chi connectivity index (χ1) is 9.29. The second-order valence-corrected chi connectivity index (χ2v) is 5.56. The van der Waals surface area contributed by atoms with E-state index in [4.69, 9.17) is 5.84 Å². The summed E-state index contributed by atoms with van der Waals surface area (Å²) in [6.07, 6.45) is 5.19. The van der Waals surface area contributed by atoms with Gasteiger partial charge in [0.2, 0.25) is 0 Å². The van der Waals surface area contributed by atoms with Gasteiger partial charge in [-0.3, -0.25) is 16.3 Å². The maximum absolute atomic E-state index is 5.86. The molecule has 3 heteroatoms. The van der Waals surface area contributed by atoms with Crippen LogP contribution in [0.25, 0.3) is 10.9 Å². The second-order valence-electron chi connectivity index (χ2n) is 5.56. The molecule has 0 radical (unpaired) electrons. The monoisotopic (exact) mass is 255 g/mol. The van der Waals surface area contributed by atoms with Crippen LogP contribution in [0.5, 0.6) is 0 Å². The van der Waals surface area contributed by atoms with Crippen molar-refractivity contribution in [2.45, 2.75) is 38.6 Å². The van der Waals surface area contributed by atoms with Crippen LogP contribution in [-0.2, 0) is 0 Å². The van der Waals surface area contributed by atoms with Crippen LogP contribution in [0.3, 0.4) is 0 Å². The summed E-state index contributed by atoms with van der Waals surface area (Å²) < 4.78 is 0. The Hall–Kier alpha value is -1.45. The Morgan fingerprint density at radius 3 is 2.74 bits per heavy atom. The largest absolute Gasteiger partial charge is 0.271 e. The van der Waals surface area contributed by atoms with Gasteiger partial charge in [-0.05, 0) is 43.4 Å². The number of aryl methyl sites for hydroxylation is 1. The van der Waals surface area contributed by atoms with Crippen molar-refractivity contribution < 1.29 is 0 Å². The van der Waals surface area contributed by atoms with E-state index in [9.17, 15) is 0 Å². The van der Waals surface area contributed by atoms with Crippen LogP contribution in [0.15, 0.2) is 30.3 Å². The van der Waals surface area contributed by atoms with Gasteiger partial charge in [-0.2, -0.15) is 0 Å². The van der Waals surface area contributed by atoms with E-state index < -0.39 is 0 Å². The van der Waals surface area contributed by atoms with Crippen LogP contribution < -0.4 is 11.3 Å². The molecule has 0 aliphatic heterocycles. The van der Waals surface area contributed by atoms with E-state index >= 15 is 0 Å². The van der Waals surface area contributed by atoms with E-state index in [1.165, 1.54) is 36.6 Å². The van der Waals surface area contributed by atoms with E-state index in [0.717, 1.165) is 11.2 Å². The summed E-state index contributed by atoms with van der Waals surface area (Å²) >= 11 is 0. The quantitative estimate of drug-likeness (QED) is 0.654. The summed E-state index contributed by atoms with van der Waals surface area (Å²) in [5.74, 6) is 6.50. The first-order valence-corrected chi connectivity index (χ1v) is 7.12. The van der Waals surface area contributed by atoms with Crippen LogP contribution in [0.2, 0.25) is 0 Å². The number of nitrogens with one attached hydrogen (secondary N) is 1. The average Bonchev–Trinajstić information content (AvgIpc) is 2.93. The Balaban J connectivity index is 2.11. The molecule has 0 spiro atoms. The number of para-hydroxylation sites is 1. The lowest BCUT2D eigenvalue weighted by Gasteiger charge is -2.24. The van der Waals surface area contributed by atoms with Gasteiger partial charge in [0.25, 0.3) is 0 Å². The Morgan fingerprint density at radius 2 is 2.00 bits per heavy atom. The number of hydrazine groups is 1. The van der Waals surface area contributed by atoms with Crippen molar-refractivity contribution in [2.75, 3.05) is 0 Å². The number of rotatable bonds is 3. The first kappa shape index (κ1) is 12.6. The lowest BCUT2D eigenvalue weighted by Crippen LogP contribution is -2.33. The second kappa shape index (κ2) is 5.27. The predicted molar refractivity (Wildman–Crippen MR) is 78.5 cm³/mol. The van der Waals surface area contributed by atoms with Crippen LogP contribution >= 0.6 is 0 Å². The lowest BCUT2D eigenvalue weighted by atomic mass is 9.90. The highest BCUT2D eigenvalue weighted by molar-refractivity contribution is 5.82.